The molecule has 0 radical (unpaired) electrons. The molecule has 114 valence electrons. The fourth-order valence-corrected chi connectivity index (χ4v) is 4.70. The number of sulfonamides is 1. The standard InChI is InChI=1S/C13H22N2O3S2/c1-9(2)6-15(7-10(3)4)20(17,18)11-5-12(13(14)16)19-8-11/h5,8-10H,6-7H2,1-4H3,(H2,14,16). The van der Waals surface area contributed by atoms with E-state index in [2.05, 4.69) is 0 Å². The van der Waals surface area contributed by atoms with Crippen LogP contribution in [0, 0.1) is 11.8 Å². The Bertz CT molecular complexity index is 552. The number of carbonyl (C=O) groups is 1. The zero-order valence-electron chi connectivity index (χ0n) is 12.3. The van der Waals surface area contributed by atoms with E-state index in [1.807, 2.05) is 27.7 Å². The Morgan fingerprint density at radius 2 is 1.75 bits per heavy atom. The minimum absolute atomic E-state index is 0.151. The fraction of sp³-hybridized carbons (Fsp3) is 0.615. The highest BCUT2D eigenvalue weighted by Gasteiger charge is 2.27. The first kappa shape index (κ1) is 17.1. The zero-order valence-corrected chi connectivity index (χ0v) is 13.9. The van der Waals surface area contributed by atoms with Crippen molar-refractivity contribution < 1.29 is 13.2 Å². The molecule has 0 fully saturated rings. The van der Waals surface area contributed by atoms with Crippen LogP contribution in [-0.4, -0.2) is 31.7 Å². The summed E-state index contributed by atoms with van der Waals surface area (Å²) in [6, 6.07) is 1.36. The molecule has 0 unspecified atom stereocenters. The molecule has 0 saturated carbocycles. The lowest BCUT2D eigenvalue weighted by atomic mass is 10.2. The Kier molecular flexibility index (Phi) is 5.73. The van der Waals surface area contributed by atoms with Gasteiger partial charge in [-0.15, -0.1) is 11.3 Å². The summed E-state index contributed by atoms with van der Waals surface area (Å²) >= 11 is 1.06. The van der Waals surface area contributed by atoms with E-state index in [-0.39, 0.29) is 21.6 Å². The summed E-state index contributed by atoms with van der Waals surface area (Å²) in [7, 11) is -3.57. The summed E-state index contributed by atoms with van der Waals surface area (Å²) in [4.78, 5) is 11.5. The summed E-state index contributed by atoms with van der Waals surface area (Å²) in [5.74, 6) is -0.133. The highest BCUT2D eigenvalue weighted by atomic mass is 32.2. The van der Waals surface area contributed by atoms with Crippen molar-refractivity contribution in [3.8, 4) is 0 Å². The van der Waals surface area contributed by atoms with E-state index in [4.69, 9.17) is 5.73 Å². The summed E-state index contributed by atoms with van der Waals surface area (Å²) < 4.78 is 26.7. The molecule has 0 aliphatic rings. The van der Waals surface area contributed by atoms with Crippen LogP contribution < -0.4 is 5.73 Å². The summed E-state index contributed by atoms with van der Waals surface area (Å²) in [6.45, 7) is 8.83. The second kappa shape index (κ2) is 6.69. The molecule has 1 aromatic heterocycles. The van der Waals surface area contributed by atoms with Gasteiger partial charge >= 0.3 is 0 Å². The van der Waals surface area contributed by atoms with Crippen LogP contribution in [0.3, 0.4) is 0 Å². The third-order valence-electron chi connectivity index (χ3n) is 2.59. The van der Waals surface area contributed by atoms with Crippen LogP contribution in [0.1, 0.15) is 37.4 Å². The van der Waals surface area contributed by atoms with Crippen LogP contribution >= 0.6 is 11.3 Å². The van der Waals surface area contributed by atoms with E-state index in [9.17, 15) is 13.2 Å². The van der Waals surface area contributed by atoms with Gasteiger partial charge in [0.2, 0.25) is 10.0 Å². The van der Waals surface area contributed by atoms with Gasteiger partial charge in [0.15, 0.2) is 0 Å². The van der Waals surface area contributed by atoms with Crippen LogP contribution in [-0.2, 0) is 10.0 Å². The van der Waals surface area contributed by atoms with Gasteiger partial charge in [-0.05, 0) is 17.9 Å². The van der Waals surface area contributed by atoms with Crippen molar-refractivity contribution in [2.45, 2.75) is 32.6 Å². The Hall–Kier alpha value is -0.920. The van der Waals surface area contributed by atoms with E-state index in [0.29, 0.717) is 13.1 Å². The number of nitrogens with zero attached hydrogens (tertiary/aromatic N) is 1. The van der Waals surface area contributed by atoms with Crippen LogP contribution in [0.4, 0.5) is 0 Å². The number of primary amides is 1. The molecule has 0 aliphatic carbocycles. The SMILES string of the molecule is CC(C)CN(CC(C)C)S(=O)(=O)c1csc(C(N)=O)c1. The monoisotopic (exact) mass is 318 g/mol. The number of hydrogen-bond acceptors (Lipinski definition) is 4. The van der Waals surface area contributed by atoms with Gasteiger partial charge < -0.3 is 5.73 Å². The van der Waals surface area contributed by atoms with Crippen molar-refractivity contribution in [2.24, 2.45) is 17.6 Å². The van der Waals surface area contributed by atoms with Gasteiger partial charge in [-0.2, -0.15) is 4.31 Å². The Balaban J connectivity index is 3.10. The lowest BCUT2D eigenvalue weighted by Gasteiger charge is -2.25. The summed E-state index contributed by atoms with van der Waals surface area (Å²) in [5.41, 5.74) is 5.17. The number of rotatable bonds is 7. The topological polar surface area (TPSA) is 80.5 Å². The Labute approximate surface area is 124 Å². The maximum absolute atomic E-state index is 12.6. The average Bonchev–Trinajstić information content (AvgIpc) is 2.76. The predicted molar refractivity (Wildman–Crippen MR) is 81.3 cm³/mol. The normalized spacial score (nSPS) is 12.6. The molecule has 1 aromatic rings. The molecule has 1 heterocycles. The average molecular weight is 318 g/mol. The van der Waals surface area contributed by atoms with Gasteiger partial charge in [0.25, 0.3) is 5.91 Å². The molecule has 0 saturated heterocycles. The first-order chi connectivity index (χ1) is 9.14. The highest BCUT2D eigenvalue weighted by molar-refractivity contribution is 7.89. The number of nitrogens with two attached hydrogens (primary N) is 1. The predicted octanol–water partition coefficient (Wildman–Crippen LogP) is 2.15. The molecule has 0 aromatic carbocycles. The minimum atomic E-state index is -3.57. The van der Waals surface area contributed by atoms with E-state index in [1.54, 1.807) is 0 Å². The molecule has 5 nitrogen and oxygen atoms in total. The molecule has 0 atom stereocenters. The van der Waals surface area contributed by atoms with Crippen molar-refractivity contribution in [3.05, 3.63) is 16.3 Å². The van der Waals surface area contributed by atoms with Crippen molar-refractivity contribution >= 4 is 27.3 Å². The lowest BCUT2D eigenvalue weighted by Crippen LogP contribution is -2.36. The van der Waals surface area contributed by atoms with Crippen LogP contribution in [0.5, 0.6) is 0 Å². The van der Waals surface area contributed by atoms with E-state index in [1.165, 1.54) is 15.8 Å². The maximum atomic E-state index is 12.6. The third-order valence-corrected chi connectivity index (χ3v) is 5.50. The first-order valence-corrected chi connectivity index (χ1v) is 8.85. The van der Waals surface area contributed by atoms with Crippen molar-refractivity contribution in [1.82, 2.24) is 4.31 Å². The largest absolute Gasteiger partial charge is 0.365 e. The Morgan fingerprint density at radius 3 is 2.10 bits per heavy atom. The van der Waals surface area contributed by atoms with Crippen molar-refractivity contribution in [3.63, 3.8) is 0 Å². The van der Waals surface area contributed by atoms with Crippen LogP contribution in [0.2, 0.25) is 0 Å². The van der Waals surface area contributed by atoms with E-state index in [0.717, 1.165) is 11.3 Å². The molecule has 0 spiro atoms. The van der Waals surface area contributed by atoms with Gasteiger partial charge in [-0.1, -0.05) is 27.7 Å². The fourth-order valence-electron chi connectivity index (χ4n) is 1.82. The van der Waals surface area contributed by atoms with Crippen LogP contribution in [0.15, 0.2) is 16.3 Å². The van der Waals surface area contributed by atoms with Gasteiger partial charge in [0.05, 0.1) is 9.77 Å². The molecule has 2 N–H and O–H groups in total. The molecule has 0 aliphatic heterocycles. The van der Waals surface area contributed by atoms with Gasteiger partial charge in [0, 0.05) is 18.5 Å². The molecular weight excluding hydrogens is 296 g/mol. The first-order valence-electron chi connectivity index (χ1n) is 6.53. The quantitative estimate of drug-likeness (QED) is 0.836. The molecular formula is C13H22N2O3S2. The van der Waals surface area contributed by atoms with E-state index < -0.39 is 15.9 Å². The van der Waals surface area contributed by atoms with Gasteiger partial charge in [-0.3, -0.25) is 4.79 Å². The molecule has 7 heteroatoms. The molecule has 1 amide bonds. The number of hydrogen-bond donors (Lipinski definition) is 1. The van der Waals surface area contributed by atoms with Crippen LogP contribution in [0.25, 0.3) is 0 Å². The van der Waals surface area contributed by atoms with Crippen molar-refractivity contribution in [2.75, 3.05) is 13.1 Å². The molecule has 20 heavy (non-hydrogen) atoms. The lowest BCUT2D eigenvalue weighted by molar-refractivity contribution is 0.100. The molecule has 1 rings (SSSR count). The smallest absolute Gasteiger partial charge is 0.258 e. The second-order valence-corrected chi connectivity index (χ2v) is 8.47. The number of carbonyl (C=O) groups excluding carboxylic acids is 1. The number of amides is 1. The highest BCUT2D eigenvalue weighted by Crippen LogP contribution is 2.24. The zero-order chi connectivity index (χ0) is 15.5. The minimum Gasteiger partial charge on any atom is -0.365 e. The molecule has 0 bridgehead atoms. The van der Waals surface area contributed by atoms with Crippen molar-refractivity contribution in [1.29, 1.82) is 0 Å². The maximum Gasteiger partial charge on any atom is 0.258 e. The summed E-state index contributed by atoms with van der Waals surface area (Å²) in [6.07, 6.45) is 0. The summed E-state index contributed by atoms with van der Waals surface area (Å²) in [5, 5.41) is 1.48. The third kappa shape index (κ3) is 4.29. The second-order valence-electron chi connectivity index (χ2n) is 5.62. The number of thiophene rings is 1. The Morgan fingerprint density at radius 1 is 1.25 bits per heavy atom. The van der Waals surface area contributed by atoms with Gasteiger partial charge in [-0.25, -0.2) is 8.42 Å². The van der Waals surface area contributed by atoms with Gasteiger partial charge in [0.1, 0.15) is 0 Å². The van der Waals surface area contributed by atoms with E-state index >= 15 is 0 Å².